The van der Waals surface area contributed by atoms with Crippen LogP contribution in [0.5, 0.6) is 0 Å². The molecule has 0 spiro atoms. The van der Waals surface area contributed by atoms with Crippen molar-refractivity contribution in [3.8, 4) is 0 Å². The first kappa shape index (κ1) is 23.0. The van der Waals surface area contributed by atoms with Gasteiger partial charge in [-0.25, -0.2) is 8.42 Å². The maximum Gasteiger partial charge on any atom is 0.243 e. The van der Waals surface area contributed by atoms with Crippen LogP contribution in [0.1, 0.15) is 30.1 Å². The van der Waals surface area contributed by atoms with Gasteiger partial charge in [-0.15, -0.1) is 0 Å². The minimum Gasteiger partial charge on any atom is -0.324 e. The van der Waals surface area contributed by atoms with Crippen LogP contribution in [0.4, 0.5) is 5.69 Å². The predicted octanol–water partition coefficient (Wildman–Crippen LogP) is 4.89. The largest absolute Gasteiger partial charge is 0.324 e. The molecule has 0 aromatic heterocycles. The van der Waals surface area contributed by atoms with Crippen LogP contribution < -0.4 is 5.32 Å². The van der Waals surface area contributed by atoms with E-state index in [9.17, 15) is 18.0 Å². The number of hydrogen-bond acceptors (Lipinski definition) is 4. The van der Waals surface area contributed by atoms with E-state index < -0.39 is 10.0 Å². The van der Waals surface area contributed by atoms with Gasteiger partial charge in [-0.3, -0.25) is 9.59 Å². The number of halogens is 3. The van der Waals surface area contributed by atoms with Gasteiger partial charge in [0.25, 0.3) is 0 Å². The van der Waals surface area contributed by atoms with Gasteiger partial charge in [-0.2, -0.15) is 4.31 Å². The van der Waals surface area contributed by atoms with Gasteiger partial charge in [0.05, 0.1) is 25.7 Å². The summed E-state index contributed by atoms with van der Waals surface area (Å²) in [6, 6.07) is 8.89. The van der Waals surface area contributed by atoms with E-state index >= 15 is 0 Å². The Kier molecular flexibility index (Phi) is 7.09. The Balaban J connectivity index is 1.67. The Bertz CT molecular complexity index is 1100. The molecule has 1 aliphatic heterocycles. The topological polar surface area (TPSA) is 83.6 Å². The van der Waals surface area contributed by atoms with Crippen molar-refractivity contribution in [3.05, 3.63) is 57.0 Å². The SMILES string of the molecule is CC(=O)c1cccc(S(=O)(=O)N2CCC(C(=O)Nc3cc(Cl)c(Cl)cc3Cl)CC2)c1. The van der Waals surface area contributed by atoms with Gasteiger partial charge in [-0.1, -0.05) is 46.9 Å². The van der Waals surface area contributed by atoms with Gasteiger partial charge in [0.1, 0.15) is 0 Å². The average Bonchev–Trinajstić information content (AvgIpc) is 2.72. The summed E-state index contributed by atoms with van der Waals surface area (Å²) in [7, 11) is -3.75. The predicted molar refractivity (Wildman–Crippen MR) is 118 cm³/mol. The quantitative estimate of drug-likeness (QED) is 0.479. The number of carbonyl (C=O) groups excluding carboxylic acids is 2. The lowest BCUT2D eigenvalue weighted by Gasteiger charge is -2.30. The van der Waals surface area contributed by atoms with Crippen LogP contribution in [0.3, 0.4) is 0 Å². The molecule has 0 saturated carbocycles. The van der Waals surface area contributed by atoms with E-state index in [4.69, 9.17) is 34.8 Å². The molecule has 1 saturated heterocycles. The molecule has 0 atom stereocenters. The summed E-state index contributed by atoms with van der Waals surface area (Å²) in [4.78, 5) is 24.2. The number of hydrogen-bond donors (Lipinski definition) is 1. The maximum absolute atomic E-state index is 12.9. The molecule has 1 N–H and O–H groups in total. The number of carbonyl (C=O) groups is 2. The molecular formula is C20H19Cl3N2O4S. The number of benzene rings is 2. The van der Waals surface area contributed by atoms with Crippen molar-refractivity contribution in [1.82, 2.24) is 4.31 Å². The maximum atomic E-state index is 12.9. The number of amides is 1. The molecule has 1 fully saturated rings. The summed E-state index contributed by atoms with van der Waals surface area (Å²) >= 11 is 18.0. The number of nitrogens with one attached hydrogen (secondary N) is 1. The smallest absolute Gasteiger partial charge is 0.243 e. The van der Waals surface area contributed by atoms with Crippen molar-refractivity contribution in [3.63, 3.8) is 0 Å². The normalized spacial score (nSPS) is 15.7. The molecule has 0 aliphatic carbocycles. The molecule has 0 radical (unpaired) electrons. The number of sulfonamides is 1. The van der Waals surface area contributed by atoms with Crippen molar-refractivity contribution >= 4 is 62.2 Å². The molecule has 0 bridgehead atoms. The second kappa shape index (κ2) is 9.24. The fourth-order valence-electron chi connectivity index (χ4n) is 3.24. The van der Waals surface area contributed by atoms with Crippen LogP contribution in [0, 0.1) is 5.92 Å². The Morgan fingerprint density at radius 3 is 2.27 bits per heavy atom. The average molecular weight is 490 g/mol. The molecule has 30 heavy (non-hydrogen) atoms. The number of rotatable bonds is 5. The summed E-state index contributed by atoms with van der Waals surface area (Å²) in [5.41, 5.74) is 0.691. The first-order chi connectivity index (χ1) is 14.1. The summed E-state index contributed by atoms with van der Waals surface area (Å²) in [6.45, 7) is 1.77. The van der Waals surface area contributed by atoms with Crippen LogP contribution in [0.2, 0.25) is 15.1 Å². The Morgan fingerprint density at radius 2 is 1.63 bits per heavy atom. The molecule has 1 aliphatic rings. The summed E-state index contributed by atoms with van der Waals surface area (Å²) in [6.07, 6.45) is 0.715. The second-order valence-corrected chi connectivity index (χ2v) is 10.2. The number of piperidine rings is 1. The minimum atomic E-state index is -3.75. The van der Waals surface area contributed by atoms with E-state index in [1.807, 2.05) is 0 Å². The van der Waals surface area contributed by atoms with Gasteiger partial charge in [0, 0.05) is 24.6 Å². The highest BCUT2D eigenvalue weighted by Crippen LogP contribution is 2.33. The summed E-state index contributed by atoms with van der Waals surface area (Å²) in [5, 5.41) is 3.55. The fourth-order valence-corrected chi connectivity index (χ4v) is 5.35. The van der Waals surface area contributed by atoms with E-state index in [1.54, 1.807) is 12.1 Å². The fraction of sp³-hybridized carbons (Fsp3) is 0.300. The number of nitrogens with zero attached hydrogens (tertiary/aromatic N) is 1. The lowest BCUT2D eigenvalue weighted by molar-refractivity contribution is -0.120. The number of ketones is 1. The van der Waals surface area contributed by atoms with Crippen molar-refractivity contribution in [1.29, 1.82) is 0 Å². The monoisotopic (exact) mass is 488 g/mol. The zero-order valence-corrected chi connectivity index (χ0v) is 19.1. The molecule has 0 unspecified atom stereocenters. The van der Waals surface area contributed by atoms with Gasteiger partial charge in [0.15, 0.2) is 5.78 Å². The van der Waals surface area contributed by atoms with Crippen LogP contribution in [-0.2, 0) is 14.8 Å². The molecule has 1 amide bonds. The Labute approximate surface area is 190 Å². The zero-order valence-electron chi connectivity index (χ0n) is 16.0. The van der Waals surface area contributed by atoms with Crippen LogP contribution in [0.25, 0.3) is 0 Å². The van der Waals surface area contributed by atoms with Crippen LogP contribution >= 0.6 is 34.8 Å². The van der Waals surface area contributed by atoms with Crippen molar-refractivity contribution in [2.45, 2.75) is 24.7 Å². The number of anilines is 1. The molecule has 2 aromatic rings. The Morgan fingerprint density at radius 1 is 1.00 bits per heavy atom. The van der Waals surface area contributed by atoms with Crippen molar-refractivity contribution in [2.75, 3.05) is 18.4 Å². The summed E-state index contributed by atoms with van der Waals surface area (Å²) in [5.74, 6) is -0.833. The standard InChI is InChI=1S/C20H19Cl3N2O4S/c1-12(26)14-3-2-4-15(9-14)30(28,29)25-7-5-13(6-8-25)20(27)24-19-11-17(22)16(21)10-18(19)23/h2-4,9-11,13H,5-8H2,1H3,(H,24,27). The van der Waals surface area contributed by atoms with Crippen molar-refractivity contribution < 1.29 is 18.0 Å². The molecule has 160 valence electrons. The molecule has 1 heterocycles. The third kappa shape index (κ3) is 4.98. The summed E-state index contributed by atoms with van der Waals surface area (Å²) < 4.78 is 27.2. The van der Waals surface area contributed by atoms with Gasteiger partial charge >= 0.3 is 0 Å². The lowest BCUT2D eigenvalue weighted by Crippen LogP contribution is -2.41. The van der Waals surface area contributed by atoms with Crippen LogP contribution in [0.15, 0.2) is 41.3 Å². The lowest BCUT2D eigenvalue weighted by atomic mass is 9.97. The van der Waals surface area contributed by atoms with E-state index in [0.29, 0.717) is 24.1 Å². The van der Waals surface area contributed by atoms with Gasteiger partial charge in [-0.05, 0) is 44.0 Å². The van der Waals surface area contributed by atoms with Gasteiger partial charge < -0.3 is 5.32 Å². The van der Waals surface area contributed by atoms with E-state index in [0.717, 1.165) is 0 Å². The second-order valence-electron chi connectivity index (χ2n) is 7.00. The highest BCUT2D eigenvalue weighted by Gasteiger charge is 2.32. The molecule has 3 rings (SSSR count). The zero-order chi connectivity index (χ0) is 22.1. The first-order valence-electron chi connectivity index (χ1n) is 9.16. The molecule has 6 nitrogen and oxygen atoms in total. The Hall–Kier alpha value is -1.64. The minimum absolute atomic E-state index is 0.0701. The third-order valence-electron chi connectivity index (χ3n) is 4.97. The van der Waals surface area contributed by atoms with Crippen LogP contribution in [-0.4, -0.2) is 37.5 Å². The van der Waals surface area contributed by atoms with E-state index in [-0.39, 0.29) is 50.7 Å². The first-order valence-corrected chi connectivity index (χ1v) is 11.7. The van der Waals surface area contributed by atoms with E-state index in [2.05, 4.69) is 5.32 Å². The highest BCUT2D eigenvalue weighted by atomic mass is 35.5. The molecular weight excluding hydrogens is 471 g/mol. The van der Waals surface area contributed by atoms with Crippen molar-refractivity contribution in [2.24, 2.45) is 5.92 Å². The third-order valence-corrected chi connectivity index (χ3v) is 7.90. The highest BCUT2D eigenvalue weighted by molar-refractivity contribution is 7.89. The number of Topliss-reactive ketones (excluding diaryl/α,β-unsaturated/α-hetero) is 1. The van der Waals surface area contributed by atoms with E-state index in [1.165, 1.54) is 35.5 Å². The molecule has 10 heteroatoms. The van der Waals surface area contributed by atoms with Gasteiger partial charge in [0.2, 0.25) is 15.9 Å². The molecule has 2 aromatic carbocycles.